The molecule has 2 aromatic rings. The maximum absolute atomic E-state index is 8.00. The molecule has 1 heterocycles. The summed E-state index contributed by atoms with van der Waals surface area (Å²) in [6, 6.07) is 10.1. The Balaban J connectivity index is 2.35. The molecule has 2 nitrogen and oxygen atoms in total. The number of hydrogen-bond donors (Lipinski definition) is 1. The van der Waals surface area contributed by atoms with E-state index in [1.165, 1.54) is 0 Å². The summed E-state index contributed by atoms with van der Waals surface area (Å²) < 4.78 is 0. The molecular weight excluding hydrogens is 196 g/mol. The summed E-state index contributed by atoms with van der Waals surface area (Å²) in [6.45, 7) is 4.26. The molecule has 1 N–H and O–H groups in total. The minimum atomic E-state index is 0.513. The van der Waals surface area contributed by atoms with Crippen LogP contribution >= 0.6 is 0 Å². The van der Waals surface area contributed by atoms with Gasteiger partial charge in [0.05, 0.1) is 5.52 Å². The minimum absolute atomic E-state index is 0.513. The number of hydrogen-bond acceptors (Lipinski definition) is 2. The SMILES string of the molecule is CC(C)CC(=N)c1cnc2ccccc2c1. The third-order valence-corrected chi connectivity index (χ3v) is 2.55. The van der Waals surface area contributed by atoms with Crippen molar-refractivity contribution in [2.45, 2.75) is 20.3 Å². The van der Waals surface area contributed by atoms with E-state index < -0.39 is 0 Å². The normalized spacial score (nSPS) is 10.9. The van der Waals surface area contributed by atoms with E-state index in [0.29, 0.717) is 11.6 Å². The maximum Gasteiger partial charge on any atom is 0.0702 e. The largest absolute Gasteiger partial charge is 0.305 e. The van der Waals surface area contributed by atoms with Gasteiger partial charge in [0, 0.05) is 22.9 Å². The smallest absolute Gasteiger partial charge is 0.0702 e. The van der Waals surface area contributed by atoms with Gasteiger partial charge in [-0.1, -0.05) is 32.0 Å². The second kappa shape index (κ2) is 4.44. The van der Waals surface area contributed by atoms with Crippen molar-refractivity contribution in [1.82, 2.24) is 4.98 Å². The Labute approximate surface area is 95.8 Å². The fourth-order valence-corrected chi connectivity index (χ4v) is 1.76. The van der Waals surface area contributed by atoms with Gasteiger partial charge in [0.2, 0.25) is 0 Å². The van der Waals surface area contributed by atoms with Crippen molar-refractivity contribution < 1.29 is 0 Å². The standard InChI is InChI=1S/C14H16N2/c1-10(2)7-13(15)12-8-11-5-3-4-6-14(11)16-9-12/h3-6,8-10,15H,7H2,1-2H3. The number of benzene rings is 1. The zero-order valence-corrected chi connectivity index (χ0v) is 9.70. The third kappa shape index (κ3) is 2.27. The van der Waals surface area contributed by atoms with Crippen molar-refractivity contribution in [2.75, 3.05) is 0 Å². The van der Waals surface area contributed by atoms with Gasteiger partial charge in [-0.25, -0.2) is 0 Å². The number of rotatable bonds is 3. The second-order valence-corrected chi connectivity index (χ2v) is 4.49. The fourth-order valence-electron chi connectivity index (χ4n) is 1.76. The Bertz CT molecular complexity index is 515. The van der Waals surface area contributed by atoms with Crippen LogP contribution in [0, 0.1) is 11.3 Å². The summed E-state index contributed by atoms with van der Waals surface area (Å²) >= 11 is 0. The van der Waals surface area contributed by atoms with Crippen LogP contribution in [0.5, 0.6) is 0 Å². The quantitative estimate of drug-likeness (QED) is 0.775. The van der Waals surface area contributed by atoms with Gasteiger partial charge >= 0.3 is 0 Å². The molecule has 2 heteroatoms. The summed E-state index contributed by atoms with van der Waals surface area (Å²) in [6.07, 6.45) is 2.60. The monoisotopic (exact) mass is 212 g/mol. The molecule has 0 saturated heterocycles. The molecule has 0 aliphatic rings. The lowest BCUT2D eigenvalue weighted by Crippen LogP contribution is -2.04. The lowest BCUT2D eigenvalue weighted by Gasteiger charge is -2.07. The predicted octanol–water partition coefficient (Wildman–Crippen LogP) is 3.65. The first-order chi connectivity index (χ1) is 7.66. The molecule has 1 aromatic carbocycles. The molecule has 0 amide bonds. The Morgan fingerprint density at radius 3 is 2.81 bits per heavy atom. The van der Waals surface area contributed by atoms with Crippen molar-refractivity contribution >= 4 is 16.6 Å². The summed E-state index contributed by atoms with van der Waals surface area (Å²) in [7, 11) is 0. The predicted molar refractivity (Wildman–Crippen MR) is 68.0 cm³/mol. The lowest BCUT2D eigenvalue weighted by molar-refractivity contribution is 0.682. The molecule has 16 heavy (non-hydrogen) atoms. The zero-order valence-electron chi connectivity index (χ0n) is 9.70. The van der Waals surface area contributed by atoms with Crippen LogP contribution in [0.25, 0.3) is 10.9 Å². The highest BCUT2D eigenvalue weighted by Crippen LogP contribution is 2.15. The van der Waals surface area contributed by atoms with Gasteiger partial charge in [-0.2, -0.15) is 0 Å². The van der Waals surface area contributed by atoms with Crippen molar-refractivity contribution in [3.05, 3.63) is 42.1 Å². The highest BCUT2D eigenvalue weighted by Gasteiger charge is 2.05. The average Bonchev–Trinajstić information content (AvgIpc) is 2.27. The number of pyridine rings is 1. The van der Waals surface area contributed by atoms with Crippen molar-refractivity contribution in [1.29, 1.82) is 5.41 Å². The zero-order chi connectivity index (χ0) is 11.5. The number of aromatic nitrogens is 1. The topological polar surface area (TPSA) is 36.7 Å². The van der Waals surface area contributed by atoms with E-state index in [9.17, 15) is 0 Å². The Hall–Kier alpha value is -1.70. The van der Waals surface area contributed by atoms with Crippen LogP contribution in [-0.4, -0.2) is 10.7 Å². The second-order valence-electron chi connectivity index (χ2n) is 4.49. The van der Waals surface area contributed by atoms with E-state index in [2.05, 4.69) is 18.8 Å². The van der Waals surface area contributed by atoms with E-state index in [1.54, 1.807) is 6.20 Å². The molecule has 0 bridgehead atoms. The third-order valence-electron chi connectivity index (χ3n) is 2.55. The molecular formula is C14H16N2. The average molecular weight is 212 g/mol. The van der Waals surface area contributed by atoms with Gasteiger partial charge in [-0.15, -0.1) is 0 Å². The van der Waals surface area contributed by atoms with Crippen molar-refractivity contribution in [3.63, 3.8) is 0 Å². The first kappa shape index (κ1) is 10.8. The first-order valence-corrected chi connectivity index (χ1v) is 5.59. The minimum Gasteiger partial charge on any atom is -0.305 e. The van der Waals surface area contributed by atoms with Gasteiger partial charge in [-0.3, -0.25) is 4.98 Å². The molecule has 0 atom stereocenters. The molecule has 0 radical (unpaired) electrons. The molecule has 0 aliphatic carbocycles. The molecule has 0 aliphatic heterocycles. The first-order valence-electron chi connectivity index (χ1n) is 5.59. The number of nitrogens with zero attached hydrogens (tertiary/aromatic N) is 1. The van der Waals surface area contributed by atoms with Crippen LogP contribution in [0.4, 0.5) is 0 Å². The Kier molecular flexibility index (Phi) is 3.00. The van der Waals surface area contributed by atoms with Gasteiger partial charge in [0.25, 0.3) is 0 Å². The van der Waals surface area contributed by atoms with Crippen LogP contribution in [0.15, 0.2) is 36.5 Å². The molecule has 0 unspecified atom stereocenters. The van der Waals surface area contributed by atoms with Gasteiger partial charge < -0.3 is 5.41 Å². The van der Waals surface area contributed by atoms with Crippen LogP contribution in [-0.2, 0) is 0 Å². The summed E-state index contributed by atoms with van der Waals surface area (Å²) in [5.41, 5.74) is 2.60. The van der Waals surface area contributed by atoms with Gasteiger partial charge in [-0.05, 0) is 24.5 Å². The molecule has 0 saturated carbocycles. The summed E-state index contributed by atoms with van der Waals surface area (Å²) in [4.78, 5) is 4.37. The van der Waals surface area contributed by atoms with E-state index >= 15 is 0 Å². The van der Waals surface area contributed by atoms with E-state index in [4.69, 9.17) is 5.41 Å². The molecule has 1 aromatic heterocycles. The van der Waals surface area contributed by atoms with E-state index in [0.717, 1.165) is 22.9 Å². The van der Waals surface area contributed by atoms with Crippen molar-refractivity contribution in [2.24, 2.45) is 5.92 Å². The molecule has 2 rings (SSSR count). The van der Waals surface area contributed by atoms with Crippen LogP contribution < -0.4 is 0 Å². The molecule has 0 spiro atoms. The van der Waals surface area contributed by atoms with Crippen LogP contribution in [0.2, 0.25) is 0 Å². The molecule has 82 valence electrons. The number of fused-ring (bicyclic) bond motifs is 1. The highest BCUT2D eigenvalue weighted by atomic mass is 14.7. The fraction of sp³-hybridized carbons (Fsp3) is 0.286. The Morgan fingerprint density at radius 1 is 1.31 bits per heavy atom. The number of para-hydroxylation sites is 1. The van der Waals surface area contributed by atoms with Crippen LogP contribution in [0.1, 0.15) is 25.8 Å². The van der Waals surface area contributed by atoms with Gasteiger partial charge in [0.1, 0.15) is 0 Å². The number of nitrogens with one attached hydrogen (secondary N) is 1. The van der Waals surface area contributed by atoms with E-state index in [-0.39, 0.29) is 0 Å². The summed E-state index contributed by atoms with van der Waals surface area (Å²) in [5, 5.41) is 9.10. The molecule has 0 fully saturated rings. The van der Waals surface area contributed by atoms with Gasteiger partial charge in [0.15, 0.2) is 0 Å². The highest BCUT2D eigenvalue weighted by molar-refractivity contribution is 6.00. The lowest BCUT2D eigenvalue weighted by atomic mass is 10.0. The maximum atomic E-state index is 8.00. The van der Waals surface area contributed by atoms with Crippen molar-refractivity contribution in [3.8, 4) is 0 Å². The van der Waals surface area contributed by atoms with E-state index in [1.807, 2.05) is 30.3 Å². The Morgan fingerprint density at radius 2 is 2.06 bits per heavy atom. The summed E-state index contributed by atoms with van der Waals surface area (Å²) in [5.74, 6) is 0.513. The van der Waals surface area contributed by atoms with Crippen LogP contribution in [0.3, 0.4) is 0 Å².